The van der Waals surface area contributed by atoms with Crippen LogP contribution < -0.4 is 5.32 Å². The fourth-order valence-corrected chi connectivity index (χ4v) is 3.14. The van der Waals surface area contributed by atoms with Crippen molar-refractivity contribution < 1.29 is 0 Å². The molecule has 5 nitrogen and oxygen atoms in total. The van der Waals surface area contributed by atoms with Crippen molar-refractivity contribution in [3.8, 4) is 11.1 Å². The second-order valence-corrected chi connectivity index (χ2v) is 6.55. The van der Waals surface area contributed by atoms with Gasteiger partial charge in [0.15, 0.2) is 5.82 Å². The van der Waals surface area contributed by atoms with E-state index in [-0.39, 0.29) is 0 Å². The Kier molecular flexibility index (Phi) is 3.66. The zero-order chi connectivity index (χ0) is 16.5. The molecule has 4 aromatic rings. The van der Waals surface area contributed by atoms with Gasteiger partial charge in [-0.2, -0.15) is 0 Å². The quantitative estimate of drug-likeness (QED) is 0.597. The maximum Gasteiger partial charge on any atom is 0.158 e. The SMILES string of the molecule is Cc1ccc2c(-c3cccnc3)cnc(Nc3csc(C)n3)c2n1. The Morgan fingerprint density at radius 3 is 2.71 bits per heavy atom. The summed E-state index contributed by atoms with van der Waals surface area (Å²) in [5.74, 6) is 1.51. The first-order chi connectivity index (χ1) is 11.7. The maximum atomic E-state index is 4.69. The Hall–Kier alpha value is -2.86. The van der Waals surface area contributed by atoms with Crippen LogP contribution in [-0.4, -0.2) is 19.9 Å². The Balaban J connectivity index is 1.89. The molecule has 4 heterocycles. The summed E-state index contributed by atoms with van der Waals surface area (Å²) in [6.07, 6.45) is 5.47. The van der Waals surface area contributed by atoms with Gasteiger partial charge in [-0.05, 0) is 26.0 Å². The van der Waals surface area contributed by atoms with Crippen molar-refractivity contribution in [3.63, 3.8) is 0 Å². The monoisotopic (exact) mass is 333 g/mol. The van der Waals surface area contributed by atoms with Gasteiger partial charge in [0.2, 0.25) is 0 Å². The molecule has 0 saturated heterocycles. The van der Waals surface area contributed by atoms with Crippen molar-refractivity contribution in [2.45, 2.75) is 13.8 Å². The Morgan fingerprint density at radius 2 is 1.96 bits per heavy atom. The number of hydrogen-bond acceptors (Lipinski definition) is 6. The minimum atomic E-state index is 0.714. The highest BCUT2D eigenvalue weighted by Crippen LogP contribution is 2.31. The van der Waals surface area contributed by atoms with Crippen molar-refractivity contribution in [3.05, 3.63) is 58.9 Å². The number of nitrogens with one attached hydrogen (secondary N) is 1. The topological polar surface area (TPSA) is 63.6 Å². The molecule has 0 aliphatic heterocycles. The average molecular weight is 333 g/mol. The molecule has 0 aliphatic rings. The highest BCUT2D eigenvalue weighted by atomic mass is 32.1. The van der Waals surface area contributed by atoms with Crippen molar-refractivity contribution >= 4 is 33.9 Å². The average Bonchev–Trinajstić information content (AvgIpc) is 3.01. The lowest BCUT2D eigenvalue weighted by molar-refractivity contribution is 1.21. The number of thiazole rings is 1. The standard InChI is InChI=1S/C18H15N5S/c1-11-5-6-14-15(13-4-3-7-19-8-13)9-20-18(17(14)21-11)23-16-10-24-12(2)22-16/h3-10H,1-2H3,(H,20,23). The molecule has 0 atom stereocenters. The Morgan fingerprint density at radius 1 is 1.04 bits per heavy atom. The number of rotatable bonds is 3. The summed E-state index contributed by atoms with van der Waals surface area (Å²) in [7, 11) is 0. The van der Waals surface area contributed by atoms with Gasteiger partial charge in [0.05, 0.1) is 5.01 Å². The first-order valence-corrected chi connectivity index (χ1v) is 8.44. The number of aromatic nitrogens is 4. The molecule has 1 N–H and O–H groups in total. The number of aryl methyl sites for hydroxylation is 2. The molecular weight excluding hydrogens is 318 g/mol. The molecule has 4 aromatic heterocycles. The summed E-state index contributed by atoms with van der Waals surface area (Å²) in [6.45, 7) is 3.96. The Labute approximate surface area is 143 Å². The number of hydrogen-bond donors (Lipinski definition) is 1. The largest absolute Gasteiger partial charge is 0.322 e. The van der Waals surface area contributed by atoms with E-state index in [1.54, 1.807) is 17.5 Å². The first kappa shape index (κ1) is 14.7. The number of anilines is 2. The van der Waals surface area contributed by atoms with Gasteiger partial charge in [0.1, 0.15) is 11.3 Å². The van der Waals surface area contributed by atoms with Crippen LogP contribution in [0.1, 0.15) is 10.7 Å². The number of fused-ring (bicyclic) bond motifs is 1. The lowest BCUT2D eigenvalue weighted by atomic mass is 10.0. The fraction of sp³-hybridized carbons (Fsp3) is 0.111. The van der Waals surface area contributed by atoms with Gasteiger partial charge >= 0.3 is 0 Å². The molecule has 24 heavy (non-hydrogen) atoms. The second-order valence-electron chi connectivity index (χ2n) is 5.49. The molecule has 4 rings (SSSR count). The first-order valence-electron chi connectivity index (χ1n) is 7.56. The van der Waals surface area contributed by atoms with Gasteiger partial charge in [0.25, 0.3) is 0 Å². The molecule has 0 unspecified atom stereocenters. The van der Waals surface area contributed by atoms with Crippen LogP contribution in [0.5, 0.6) is 0 Å². The molecule has 0 saturated carbocycles. The third-order valence-electron chi connectivity index (χ3n) is 3.71. The van der Waals surface area contributed by atoms with E-state index in [4.69, 9.17) is 4.98 Å². The minimum Gasteiger partial charge on any atom is -0.322 e. The molecule has 118 valence electrons. The van der Waals surface area contributed by atoms with E-state index in [2.05, 4.69) is 26.3 Å². The minimum absolute atomic E-state index is 0.714. The smallest absolute Gasteiger partial charge is 0.158 e. The highest BCUT2D eigenvalue weighted by Gasteiger charge is 2.12. The summed E-state index contributed by atoms with van der Waals surface area (Å²) in [6, 6.07) is 8.05. The van der Waals surface area contributed by atoms with Gasteiger partial charge in [-0.25, -0.2) is 15.0 Å². The van der Waals surface area contributed by atoms with E-state index in [1.165, 1.54) is 0 Å². The predicted molar refractivity (Wildman–Crippen MR) is 97.6 cm³/mol. The molecule has 0 fully saturated rings. The normalized spacial score (nSPS) is 10.9. The van der Waals surface area contributed by atoms with E-state index in [9.17, 15) is 0 Å². The van der Waals surface area contributed by atoms with Crippen LogP contribution in [0.3, 0.4) is 0 Å². The summed E-state index contributed by atoms with van der Waals surface area (Å²) in [5, 5.41) is 7.32. The molecule has 0 amide bonds. The highest BCUT2D eigenvalue weighted by molar-refractivity contribution is 7.09. The number of pyridine rings is 3. The van der Waals surface area contributed by atoms with Crippen molar-refractivity contribution in [2.75, 3.05) is 5.32 Å². The van der Waals surface area contributed by atoms with Crippen LogP contribution in [0, 0.1) is 13.8 Å². The van der Waals surface area contributed by atoms with E-state index < -0.39 is 0 Å². The van der Waals surface area contributed by atoms with Crippen molar-refractivity contribution in [2.24, 2.45) is 0 Å². The fourth-order valence-electron chi connectivity index (χ4n) is 2.60. The summed E-state index contributed by atoms with van der Waals surface area (Å²) in [4.78, 5) is 17.9. The zero-order valence-electron chi connectivity index (χ0n) is 13.3. The lowest BCUT2D eigenvalue weighted by Crippen LogP contribution is -1.99. The third-order valence-corrected chi connectivity index (χ3v) is 4.48. The molecule has 0 aliphatic carbocycles. The van der Waals surface area contributed by atoms with Gasteiger partial charge < -0.3 is 5.32 Å². The van der Waals surface area contributed by atoms with Gasteiger partial charge in [0, 0.05) is 46.2 Å². The van der Waals surface area contributed by atoms with Crippen LogP contribution in [0.4, 0.5) is 11.6 Å². The van der Waals surface area contributed by atoms with Crippen LogP contribution >= 0.6 is 11.3 Å². The van der Waals surface area contributed by atoms with Gasteiger partial charge in [-0.3, -0.25) is 4.98 Å². The van der Waals surface area contributed by atoms with E-state index in [0.717, 1.165) is 38.5 Å². The molecule has 0 spiro atoms. The number of nitrogens with zero attached hydrogens (tertiary/aromatic N) is 4. The van der Waals surface area contributed by atoms with Crippen molar-refractivity contribution in [1.29, 1.82) is 0 Å². The van der Waals surface area contributed by atoms with Crippen LogP contribution in [0.2, 0.25) is 0 Å². The maximum absolute atomic E-state index is 4.69. The van der Waals surface area contributed by atoms with E-state index in [1.807, 2.05) is 49.8 Å². The van der Waals surface area contributed by atoms with E-state index in [0.29, 0.717) is 5.82 Å². The molecular formula is C18H15N5S. The predicted octanol–water partition coefficient (Wildman–Crippen LogP) is 4.51. The Bertz CT molecular complexity index is 1010. The summed E-state index contributed by atoms with van der Waals surface area (Å²) < 4.78 is 0. The van der Waals surface area contributed by atoms with Gasteiger partial charge in [-0.1, -0.05) is 12.1 Å². The van der Waals surface area contributed by atoms with Crippen LogP contribution in [0.15, 0.2) is 48.2 Å². The van der Waals surface area contributed by atoms with Crippen LogP contribution in [0.25, 0.3) is 22.0 Å². The summed E-state index contributed by atoms with van der Waals surface area (Å²) >= 11 is 1.60. The summed E-state index contributed by atoms with van der Waals surface area (Å²) in [5.41, 5.74) is 3.83. The van der Waals surface area contributed by atoms with E-state index >= 15 is 0 Å². The lowest BCUT2D eigenvalue weighted by Gasteiger charge is -2.11. The van der Waals surface area contributed by atoms with Gasteiger partial charge in [-0.15, -0.1) is 11.3 Å². The zero-order valence-corrected chi connectivity index (χ0v) is 14.1. The van der Waals surface area contributed by atoms with Crippen molar-refractivity contribution in [1.82, 2.24) is 19.9 Å². The molecule has 0 bridgehead atoms. The van der Waals surface area contributed by atoms with Crippen LogP contribution in [-0.2, 0) is 0 Å². The third kappa shape index (κ3) is 2.72. The molecule has 6 heteroatoms. The second kappa shape index (κ2) is 5.98. The molecule has 0 aromatic carbocycles. The molecule has 0 radical (unpaired) electrons.